The smallest absolute Gasteiger partial charge is 0.338 e. The van der Waals surface area contributed by atoms with Crippen molar-refractivity contribution < 1.29 is 14.3 Å². The molecule has 0 saturated carbocycles. The second-order valence-corrected chi connectivity index (χ2v) is 6.50. The number of carboxylic acids is 1. The molecule has 100 valence electrons. The summed E-state index contributed by atoms with van der Waals surface area (Å²) in [7, 11) is 0. The monoisotopic (exact) mass is 343 g/mol. The van der Waals surface area contributed by atoms with Crippen LogP contribution in [0.15, 0.2) is 34.1 Å². The minimum atomic E-state index is -1.27. The fourth-order valence-corrected chi connectivity index (χ4v) is 3.09. The summed E-state index contributed by atoms with van der Waals surface area (Å²) in [5.74, 6) is -2.00. The predicted octanol–water partition coefficient (Wildman–Crippen LogP) is 4.52. The van der Waals surface area contributed by atoms with Crippen LogP contribution < -0.4 is 5.32 Å². The number of hydrogen-bond donors (Lipinski definition) is 2. The molecule has 1 aromatic carbocycles. The number of anilines is 1. The molecule has 0 aliphatic rings. The Morgan fingerprint density at radius 1 is 1.42 bits per heavy atom. The third-order valence-electron chi connectivity index (χ3n) is 2.60. The quantitative estimate of drug-likeness (QED) is 0.857. The van der Waals surface area contributed by atoms with Gasteiger partial charge < -0.3 is 10.4 Å². The van der Waals surface area contributed by atoms with E-state index in [1.165, 1.54) is 12.1 Å². The number of halogens is 2. The summed E-state index contributed by atoms with van der Waals surface area (Å²) in [6.07, 6.45) is 0. The molecular formula is C13H11BrFNO2S. The van der Waals surface area contributed by atoms with Crippen molar-refractivity contribution in [2.75, 3.05) is 5.32 Å². The first-order chi connectivity index (χ1) is 8.97. The standard InChI is InChI=1S/C13H11BrFNO2S/c1-7(11-4-5-12(14)19-11)16-8-2-3-10(15)9(6-8)13(17)18/h2-7,16H,1H3,(H,17,18). The molecule has 1 heterocycles. The van der Waals surface area contributed by atoms with Crippen LogP contribution in [0.25, 0.3) is 0 Å². The van der Waals surface area contributed by atoms with Crippen molar-refractivity contribution in [3.63, 3.8) is 0 Å². The Hall–Kier alpha value is -1.40. The zero-order chi connectivity index (χ0) is 14.0. The molecule has 2 N–H and O–H groups in total. The highest BCUT2D eigenvalue weighted by Crippen LogP contribution is 2.29. The first-order valence-corrected chi connectivity index (χ1v) is 7.13. The highest BCUT2D eigenvalue weighted by atomic mass is 79.9. The van der Waals surface area contributed by atoms with E-state index in [2.05, 4.69) is 21.2 Å². The van der Waals surface area contributed by atoms with Crippen LogP contribution in [0.5, 0.6) is 0 Å². The van der Waals surface area contributed by atoms with Crippen molar-refractivity contribution in [1.29, 1.82) is 0 Å². The van der Waals surface area contributed by atoms with Crippen molar-refractivity contribution in [3.8, 4) is 0 Å². The highest BCUT2D eigenvalue weighted by molar-refractivity contribution is 9.11. The van der Waals surface area contributed by atoms with Gasteiger partial charge >= 0.3 is 5.97 Å². The second kappa shape index (κ2) is 5.71. The summed E-state index contributed by atoms with van der Waals surface area (Å²) < 4.78 is 14.3. The Bertz CT molecular complexity index is 614. The van der Waals surface area contributed by atoms with Gasteiger partial charge in [0.25, 0.3) is 0 Å². The molecule has 0 fully saturated rings. The maximum absolute atomic E-state index is 13.3. The molecule has 19 heavy (non-hydrogen) atoms. The largest absolute Gasteiger partial charge is 0.478 e. The minimum absolute atomic E-state index is 0.0170. The van der Waals surface area contributed by atoms with Crippen LogP contribution in [-0.2, 0) is 0 Å². The lowest BCUT2D eigenvalue weighted by molar-refractivity contribution is 0.0692. The maximum atomic E-state index is 13.3. The lowest BCUT2D eigenvalue weighted by atomic mass is 10.1. The van der Waals surface area contributed by atoms with E-state index in [0.717, 1.165) is 14.7 Å². The number of carbonyl (C=O) groups is 1. The van der Waals surface area contributed by atoms with Crippen molar-refractivity contribution >= 4 is 38.9 Å². The van der Waals surface area contributed by atoms with Crippen LogP contribution >= 0.6 is 27.3 Å². The average Bonchev–Trinajstić information content (AvgIpc) is 2.78. The fraction of sp³-hybridized carbons (Fsp3) is 0.154. The number of aromatic carboxylic acids is 1. The van der Waals surface area contributed by atoms with E-state index in [4.69, 9.17) is 5.11 Å². The Morgan fingerprint density at radius 3 is 2.74 bits per heavy atom. The van der Waals surface area contributed by atoms with Gasteiger partial charge in [0.1, 0.15) is 5.82 Å². The van der Waals surface area contributed by atoms with Crippen LogP contribution in [0.4, 0.5) is 10.1 Å². The van der Waals surface area contributed by atoms with Crippen LogP contribution in [0.2, 0.25) is 0 Å². The molecule has 6 heteroatoms. The summed E-state index contributed by atoms with van der Waals surface area (Å²) >= 11 is 4.98. The average molecular weight is 344 g/mol. The van der Waals surface area contributed by atoms with Crippen molar-refractivity contribution in [2.45, 2.75) is 13.0 Å². The van der Waals surface area contributed by atoms with Gasteiger partial charge in [0, 0.05) is 10.6 Å². The van der Waals surface area contributed by atoms with Gasteiger partial charge in [0.15, 0.2) is 0 Å². The summed E-state index contributed by atoms with van der Waals surface area (Å²) in [5, 5.41) is 12.0. The van der Waals surface area contributed by atoms with E-state index in [1.54, 1.807) is 11.3 Å². The fourth-order valence-electron chi connectivity index (χ4n) is 1.66. The van der Waals surface area contributed by atoms with Crippen LogP contribution in [-0.4, -0.2) is 11.1 Å². The van der Waals surface area contributed by atoms with E-state index in [-0.39, 0.29) is 11.6 Å². The van der Waals surface area contributed by atoms with Crippen LogP contribution in [0.1, 0.15) is 28.2 Å². The molecule has 2 aromatic rings. The molecular weight excluding hydrogens is 333 g/mol. The first-order valence-electron chi connectivity index (χ1n) is 5.52. The molecule has 0 spiro atoms. The molecule has 0 radical (unpaired) electrons. The number of hydrogen-bond acceptors (Lipinski definition) is 3. The molecule has 1 unspecified atom stereocenters. The summed E-state index contributed by atoms with van der Waals surface area (Å²) in [6.45, 7) is 1.96. The Kier molecular flexibility index (Phi) is 4.21. The molecule has 0 aliphatic heterocycles. The van der Waals surface area contributed by atoms with Gasteiger partial charge in [0.05, 0.1) is 15.4 Å². The molecule has 0 amide bonds. The van der Waals surface area contributed by atoms with Crippen molar-refractivity contribution in [1.82, 2.24) is 0 Å². The van der Waals surface area contributed by atoms with E-state index in [9.17, 15) is 9.18 Å². The van der Waals surface area contributed by atoms with Gasteiger partial charge in [-0.15, -0.1) is 11.3 Å². The summed E-state index contributed by atoms with van der Waals surface area (Å²) in [6, 6.07) is 7.93. The topological polar surface area (TPSA) is 49.3 Å². The van der Waals surface area contributed by atoms with Gasteiger partial charge in [-0.05, 0) is 53.2 Å². The van der Waals surface area contributed by atoms with Gasteiger partial charge in [0.2, 0.25) is 0 Å². The Labute approximate surface area is 122 Å². The van der Waals surface area contributed by atoms with E-state index >= 15 is 0 Å². The minimum Gasteiger partial charge on any atom is -0.478 e. The summed E-state index contributed by atoms with van der Waals surface area (Å²) in [4.78, 5) is 12.0. The first kappa shape index (κ1) is 14.0. The molecule has 0 saturated heterocycles. The molecule has 1 aromatic heterocycles. The van der Waals surface area contributed by atoms with Crippen LogP contribution in [0, 0.1) is 5.82 Å². The normalized spacial score (nSPS) is 12.2. The van der Waals surface area contributed by atoms with Gasteiger partial charge in [-0.3, -0.25) is 0 Å². The van der Waals surface area contributed by atoms with Gasteiger partial charge in [-0.2, -0.15) is 0 Å². The van der Waals surface area contributed by atoms with Crippen molar-refractivity contribution in [2.24, 2.45) is 0 Å². The Balaban J connectivity index is 2.19. The number of benzene rings is 1. The van der Waals surface area contributed by atoms with Gasteiger partial charge in [-0.1, -0.05) is 0 Å². The lowest BCUT2D eigenvalue weighted by Gasteiger charge is -2.14. The summed E-state index contributed by atoms with van der Waals surface area (Å²) in [5.41, 5.74) is 0.250. The SMILES string of the molecule is CC(Nc1ccc(F)c(C(=O)O)c1)c1ccc(Br)s1. The maximum Gasteiger partial charge on any atom is 0.338 e. The third kappa shape index (κ3) is 3.33. The number of carboxylic acid groups (broad SMARTS) is 1. The number of thiophene rings is 1. The van der Waals surface area contributed by atoms with Crippen LogP contribution in [0.3, 0.4) is 0 Å². The number of rotatable bonds is 4. The lowest BCUT2D eigenvalue weighted by Crippen LogP contribution is -2.07. The zero-order valence-electron chi connectivity index (χ0n) is 9.98. The molecule has 0 bridgehead atoms. The third-order valence-corrected chi connectivity index (χ3v) is 4.41. The van der Waals surface area contributed by atoms with Gasteiger partial charge in [-0.25, -0.2) is 9.18 Å². The van der Waals surface area contributed by atoms with E-state index < -0.39 is 11.8 Å². The second-order valence-electron chi connectivity index (χ2n) is 4.01. The predicted molar refractivity (Wildman–Crippen MR) is 77.4 cm³/mol. The molecule has 0 aliphatic carbocycles. The molecule has 3 nitrogen and oxygen atoms in total. The highest BCUT2D eigenvalue weighted by Gasteiger charge is 2.13. The van der Waals surface area contributed by atoms with Crippen molar-refractivity contribution in [3.05, 3.63) is 50.4 Å². The molecule has 1 atom stereocenters. The van der Waals surface area contributed by atoms with E-state index in [0.29, 0.717) is 5.69 Å². The van der Waals surface area contributed by atoms with E-state index in [1.807, 2.05) is 19.1 Å². The number of nitrogens with one attached hydrogen (secondary N) is 1. The zero-order valence-corrected chi connectivity index (χ0v) is 12.4. The molecule has 2 rings (SSSR count). The Morgan fingerprint density at radius 2 is 2.16 bits per heavy atom.